The number of pyridine rings is 1. The number of amides is 1. The number of methoxy groups -OCH3 is 1. The molecule has 3 aromatic rings. The number of ether oxygens (including phenoxy) is 1. The summed E-state index contributed by atoms with van der Waals surface area (Å²) < 4.78 is 5.05. The van der Waals surface area contributed by atoms with E-state index in [4.69, 9.17) is 4.74 Å². The van der Waals surface area contributed by atoms with Gasteiger partial charge in [0.05, 0.1) is 29.1 Å². The normalized spacial score (nSPS) is 10.9. The van der Waals surface area contributed by atoms with Crippen molar-refractivity contribution in [1.82, 2.24) is 19.9 Å². The number of carbonyl (C=O) groups excluding carboxylic acids is 1. The molecule has 0 aliphatic rings. The maximum absolute atomic E-state index is 12.7. The van der Waals surface area contributed by atoms with Gasteiger partial charge in [-0.1, -0.05) is 6.07 Å². The molecule has 0 atom stereocenters. The molecule has 0 fully saturated rings. The summed E-state index contributed by atoms with van der Waals surface area (Å²) >= 11 is 1.39. The molecule has 26 heavy (non-hydrogen) atoms. The molecule has 0 unspecified atom stereocenters. The third kappa shape index (κ3) is 3.81. The van der Waals surface area contributed by atoms with E-state index < -0.39 is 0 Å². The molecule has 0 saturated carbocycles. The molecule has 0 bridgehead atoms. The number of hydrogen-bond acceptors (Lipinski definition) is 7. The van der Waals surface area contributed by atoms with Crippen molar-refractivity contribution in [2.45, 2.75) is 13.5 Å². The minimum absolute atomic E-state index is 0.0294. The molecule has 136 valence electrons. The zero-order valence-electron chi connectivity index (χ0n) is 15.0. The molecule has 1 amide bonds. The van der Waals surface area contributed by atoms with Crippen LogP contribution in [0.3, 0.4) is 0 Å². The van der Waals surface area contributed by atoms with Crippen LogP contribution < -0.4 is 5.32 Å². The summed E-state index contributed by atoms with van der Waals surface area (Å²) in [6.07, 6.45) is 3.27. The lowest BCUT2D eigenvalue weighted by Gasteiger charge is -2.16. The largest absolute Gasteiger partial charge is 0.383 e. The molecule has 0 aliphatic heterocycles. The van der Waals surface area contributed by atoms with E-state index in [1.807, 2.05) is 25.1 Å². The van der Waals surface area contributed by atoms with Gasteiger partial charge in [-0.15, -0.1) is 11.3 Å². The lowest BCUT2D eigenvalue weighted by Crippen LogP contribution is -2.29. The summed E-state index contributed by atoms with van der Waals surface area (Å²) in [6, 6.07) is 5.78. The van der Waals surface area contributed by atoms with Crippen LogP contribution in [0.15, 0.2) is 30.7 Å². The Labute approximate surface area is 156 Å². The van der Waals surface area contributed by atoms with Crippen molar-refractivity contribution in [3.8, 4) is 0 Å². The van der Waals surface area contributed by atoms with Crippen LogP contribution in [0.5, 0.6) is 0 Å². The Kier molecular flexibility index (Phi) is 5.75. The van der Waals surface area contributed by atoms with Crippen LogP contribution in [0.1, 0.15) is 20.9 Å². The Balaban J connectivity index is 1.87. The molecule has 0 radical (unpaired) electrons. The zero-order valence-corrected chi connectivity index (χ0v) is 15.8. The van der Waals surface area contributed by atoms with Crippen molar-refractivity contribution in [2.24, 2.45) is 0 Å². The lowest BCUT2D eigenvalue weighted by atomic mass is 10.2. The molecule has 3 aromatic heterocycles. The third-order valence-electron chi connectivity index (χ3n) is 4.06. The highest BCUT2D eigenvalue weighted by Gasteiger charge is 2.21. The minimum atomic E-state index is -0.0294. The quantitative estimate of drug-likeness (QED) is 0.688. The SMILES string of the molecule is COCCN(C)C(=O)c1sc2ncnc(NCc3ccccn3)c2c1C. The van der Waals surface area contributed by atoms with E-state index in [1.54, 1.807) is 25.3 Å². The molecule has 0 saturated heterocycles. The average molecular weight is 371 g/mol. The molecule has 3 rings (SSSR count). The van der Waals surface area contributed by atoms with Crippen LogP contribution in [0.2, 0.25) is 0 Å². The number of anilines is 1. The topological polar surface area (TPSA) is 80.2 Å². The van der Waals surface area contributed by atoms with E-state index in [1.165, 1.54) is 17.7 Å². The average Bonchev–Trinajstić information content (AvgIpc) is 3.02. The number of likely N-dealkylation sites (N-methyl/N-ethyl adjacent to an activating group) is 1. The fourth-order valence-corrected chi connectivity index (χ4v) is 3.73. The Morgan fingerprint density at radius 3 is 2.88 bits per heavy atom. The van der Waals surface area contributed by atoms with Gasteiger partial charge in [-0.05, 0) is 24.6 Å². The van der Waals surface area contributed by atoms with Gasteiger partial charge in [0.1, 0.15) is 17.0 Å². The summed E-state index contributed by atoms with van der Waals surface area (Å²) in [6.45, 7) is 3.53. The Morgan fingerprint density at radius 2 is 2.15 bits per heavy atom. The number of thiophene rings is 1. The molecule has 0 spiro atoms. The van der Waals surface area contributed by atoms with Crippen LogP contribution in [-0.2, 0) is 11.3 Å². The number of aryl methyl sites for hydroxylation is 1. The van der Waals surface area contributed by atoms with Crippen molar-refractivity contribution in [3.63, 3.8) is 0 Å². The van der Waals surface area contributed by atoms with E-state index in [0.717, 1.165) is 21.5 Å². The summed E-state index contributed by atoms with van der Waals surface area (Å²) in [5.74, 6) is 0.686. The van der Waals surface area contributed by atoms with E-state index in [9.17, 15) is 4.79 Å². The van der Waals surface area contributed by atoms with Crippen molar-refractivity contribution < 1.29 is 9.53 Å². The van der Waals surface area contributed by atoms with E-state index in [2.05, 4.69) is 20.3 Å². The molecular weight excluding hydrogens is 350 g/mol. The Hall–Kier alpha value is -2.58. The maximum Gasteiger partial charge on any atom is 0.264 e. The first-order valence-corrected chi connectivity index (χ1v) is 9.05. The minimum Gasteiger partial charge on any atom is -0.383 e. The lowest BCUT2D eigenvalue weighted by molar-refractivity contribution is 0.0748. The third-order valence-corrected chi connectivity index (χ3v) is 5.25. The molecule has 1 N–H and O–H groups in total. The van der Waals surface area contributed by atoms with Gasteiger partial charge in [0.15, 0.2) is 0 Å². The van der Waals surface area contributed by atoms with E-state index in [0.29, 0.717) is 30.4 Å². The van der Waals surface area contributed by atoms with Gasteiger partial charge in [-0.2, -0.15) is 0 Å². The number of fused-ring (bicyclic) bond motifs is 1. The molecule has 0 aliphatic carbocycles. The van der Waals surface area contributed by atoms with Gasteiger partial charge in [0, 0.05) is 26.9 Å². The maximum atomic E-state index is 12.7. The summed E-state index contributed by atoms with van der Waals surface area (Å²) in [5, 5.41) is 4.19. The summed E-state index contributed by atoms with van der Waals surface area (Å²) in [4.78, 5) is 28.9. The van der Waals surface area contributed by atoms with Crippen molar-refractivity contribution in [3.05, 3.63) is 46.9 Å². The van der Waals surface area contributed by atoms with E-state index in [-0.39, 0.29) is 5.91 Å². The molecule has 8 heteroatoms. The highest BCUT2D eigenvalue weighted by Crippen LogP contribution is 2.34. The number of nitrogens with zero attached hydrogens (tertiary/aromatic N) is 4. The second-order valence-corrected chi connectivity index (χ2v) is 6.85. The second-order valence-electron chi connectivity index (χ2n) is 5.85. The fourth-order valence-electron chi connectivity index (χ4n) is 2.59. The first-order valence-electron chi connectivity index (χ1n) is 8.24. The molecular formula is C18H21N5O2S. The van der Waals surface area contributed by atoms with Gasteiger partial charge in [0.2, 0.25) is 0 Å². The van der Waals surface area contributed by atoms with Crippen LogP contribution in [-0.4, -0.2) is 53.1 Å². The standard InChI is InChI=1S/C18H21N5O2S/c1-12-14-16(20-10-13-6-4-5-7-19-13)21-11-22-17(14)26-15(12)18(24)23(2)8-9-25-3/h4-7,11H,8-10H2,1-3H3,(H,20,21,22). The number of hydrogen-bond donors (Lipinski definition) is 1. The Bertz CT molecular complexity index is 897. The van der Waals surface area contributed by atoms with Gasteiger partial charge in [-0.3, -0.25) is 9.78 Å². The monoisotopic (exact) mass is 371 g/mol. The number of rotatable bonds is 7. The van der Waals surface area contributed by atoms with Crippen molar-refractivity contribution >= 4 is 33.3 Å². The number of carbonyl (C=O) groups is 1. The molecule has 3 heterocycles. The van der Waals surface area contributed by atoms with E-state index >= 15 is 0 Å². The van der Waals surface area contributed by atoms with Crippen LogP contribution in [0.4, 0.5) is 5.82 Å². The second kappa shape index (κ2) is 8.20. The number of aromatic nitrogens is 3. The smallest absolute Gasteiger partial charge is 0.264 e. The first-order chi connectivity index (χ1) is 12.6. The highest BCUT2D eigenvalue weighted by atomic mass is 32.1. The predicted octanol–water partition coefficient (Wildman–Crippen LogP) is 2.73. The fraction of sp³-hybridized carbons (Fsp3) is 0.333. The van der Waals surface area contributed by atoms with Crippen molar-refractivity contribution in [1.29, 1.82) is 0 Å². The zero-order chi connectivity index (χ0) is 18.5. The van der Waals surface area contributed by atoms with Crippen LogP contribution >= 0.6 is 11.3 Å². The Morgan fingerprint density at radius 1 is 1.31 bits per heavy atom. The first kappa shape index (κ1) is 18.2. The summed E-state index contributed by atoms with van der Waals surface area (Å²) in [5.41, 5.74) is 1.81. The highest BCUT2D eigenvalue weighted by molar-refractivity contribution is 7.20. The van der Waals surface area contributed by atoms with Gasteiger partial charge >= 0.3 is 0 Å². The van der Waals surface area contributed by atoms with Crippen LogP contribution in [0, 0.1) is 6.92 Å². The van der Waals surface area contributed by atoms with Crippen LogP contribution in [0.25, 0.3) is 10.2 Å². The number of nitrogens with one attached hydrogen (secondary N) is 1. The van der Waals surface area contributed by atoms with Gasteiger partial charge < -0.3 is 15.0 Å². The van der Waals surface area contributed by atoms with Gasteiger partial charge in [0.25, 0.3) is 5.91 Å². The molecule has 7 nitrogen and oxygen atoms in total. The predicted molar refractivity (Wildman–Crippen MR) is 103 cm³/mol. The molecule has 0 aromatic carbocycles. The van der Waals surface area contributed by atoms with Crippen molar-refractivity contribution in [2.75, 3.05) is 32.6 Å². The summed E-state index contributed by atoms with van der Waals surface area (Å²) in [7, 11) is 3.40. The van der Waals surface area contributed by atoms with Gasteiger partial charge in [-0.25, -0.2) is 9.97 Å².